The van der Waals surface area contributed by atoms with Gasteiger partial charge in [-0.15, -0.1) is 11.3 Å². The van der Waals surface area contributed by atoms with Crippen molar-refractivity contribution in [3.8, 4) is 10.8 Å². The summed E-state index contributed by atoms with van der Waals surface area (Å²) in [4.78, 5) is 14.3. The molecule has 0 atom stereocenters. The molecule has 0 aliphatic carbocycles. The lowest BCUT2D eigenvalue weighted by molar-refractivity contribution is 0.0946. The summed E-state index contributed by atoms with van der Waals surface area (Å²) >= 11 is 3.67. The van der Waals surface area contributed by atoms with Crippen LogP contribution in [0.25, 0.3) is 5.00 Å². The summed E-state index contributed by atoms with van der Waals surface area (Å²) in [6.45, 7) is 0.939. The summed E-state index contributed by atoms with van der Waals surface area (Å²) in [5, 5.41) is 4.05. The Morgan fingerprint density at radius 3 is 2.77 bits per heavy atom. The molecule has 0 unspecified atom stereocenters. The van der Waals surface area contributed by atoms with Gasteiger partial charge in [-0.05, 0) is 42.0 Å². The minimum Gasteiger partial charge on any atom is -0.492 e. The number of carbonyl (C=O) groups excluding carboxylic acids is 1. The summed E-state index contributed by atoms with van der Waals surface area (Å²) in [6, 6.07) is 13.6. The maximum absolute atomic E-state index is 12.9. The van der Waals surface area contributed by atoms with Crippen molar-refractivity contribution in [3.63, 3.8) is 0 Å². The van der Waals surface area contributed by atoms with E-state index in [1.54, 1.807) is 11.3 Å². The van der Waals surface area contributed by atoms with Crippen molar-refractivity contribution in [3.05, 3.63) is 70.9 Å². The van der Waals surface area contributed by atoms with Gasteiger partial charge in [0.2, 0.25) is 0 Å². The number of rotatable bonds is 6. The molecule has 3 aromatic rings. The van der Waals surface area contributed by atoms with Gasteiger partial charge in [0.05, 0.1) is 12.1 Å². The molecule has 1 aliphatic rings. The van der Waals surface area contributed by atoms with Crippen molar-refractivity contribution < 1.29 is 9.53 Å². The Morgan fingerprint density at radius 1 is 1.15 bits per heavy atom. The molecule has 134 valence electrons. The lowest BCUT2D eigenvalue weighted by Crippen LogP contribution is -2.29. The molecule has 1 aromatic carbocycles. The highest BCUT2D eigenvalue weighted by Crippen LogP contribution is 2.38. The monoisotopic (exact) mass is 384 g/mol. The van der Waals surface area contributed by atoms with Gasteiger partial charge in [0.15, 0.2) is 0 Å². The average molecular weight is 385 g/mol. The van der Waals surface area contributed by atoms with Gasteiger partial charge >= 0.3 is 0 Å². The molecular weight excluding hydrogens is 364 g/mol. The fraction of sp³-hybridized carbons (Fsp3) is 0.250. The fourth-order valence-corrected chi connectivity index (χ4v) is 5.49. The van der Waals surface area contributed by atoms with Crippen molar-refractivity contribution in [1.82, 2.24) is 9.88 Å². The van der Waals surface area contributed by atoms with Gasteiger partial charge in [0.1, 0.15) is 17.4 Å². The molecule has 26 heavy (non-hydrogen) atoms. The Bertz CT molecular complexity index is 873. The predicted octanol–water partition coefficient (Wildman–Crippen LogP) is 4.14. The topological polar surface area (TPSA) is 43.3 Å². The number of thioether (sulfide) groups is 1. The number of hydrogen-bond donors (Lipinski definition) is 1. The summed E-state index contributed by atoms with van der Waals surface area (Å²) in [5.74, 6) is 2.89. The van der Waals surface area contributed by atoms with E-state index in [2.05, 4.69) is 5.32 Å². The molecule has 0 spiro atoms. The van der Waals surface area contributed by atoms with Crippen LogP contribution >= 0.6 is 23.1 Å². The zero-order valence-electron chi connectivity index (χ0n) is 14.3. The number of benzene rings is 1. The summed E-state index contributed by atoms with van der Waals surface area (Å²) in [7, 11) is 0. The number of nitrogens with zero attached hydrogens (tertiary/aromatic N) is 1. The molecule has 0 saturated carbocycles. The standard InChI is InChI=1S/C20H20N2O2S2/c23-19(21-9-12-24-15-6-2-1-3-7-15)18-16-8-13-25-14-17(16)26-20(18)22-10-4-5-11-22/h1-7,10-11H,8-9,12-14H2,(H,21,23). The van der Waals surface area contributed by atoms with E-state index in [4.69, 9.17) is 4.74 Å². The number of thiophene rings is 1. The fourth-order valence-electron chi connectivity index (χ4n) is 3.04. The van der Waals surface area contributed by atoms with Crippen LogP contribution in [0.4, 0.5) is 0 Å². The predicted molar refractivity (Wildman–Crippen MR) is 108 cm³/mol. The summed E-state index contributed by atoms with van der Waals surface area (Å²) in [5.41, 5.74) is 2.06. The highest BCUT2D eigenvalue weighted by Gasteiger charge is 2.26. The molecule has 4 rings (SSSR count). The van der Waals surface area contributed by atoms with Gasteiger partial charge in [-0.2, -0.15) is 11.8 Å². The van der Waals surface area contributed by atoms with Gasteiger partial charge in [-0.1, -0.05) is 18.2 Å². The van der Waals surface area contributed by atoms with Crippen molar-refractivity contribution in [2.45, 2.75) is 12.2 Å². The third-order valence-corrected chi connectivity index (χ3v) is 6.68. The van der Waals surface area contributed by atoms with Gasteiger partial charge in [0.25, 0.3) is 5.91 Å². The highest BCUT2D eigenvalue weighted by molar-refractivity contribution is 7.98. The van der Waals surface area contributed by atoms with Crippen LogP contribution in [0.3, 0.4) is 0 Å². The lowest BCUT2D eigenvalue weighted by atomic mass is 10.1. The normalized spacial score (nSPS) is 13.2. The Kier molecular flexibility index (Phi) is 5.32. The van der Waals surface area contributed by atoms with Crippen LogP contribution in [0.1, 0.15) is 20.8 Å². The molecule has 6 heteroatoms. The van der Waals surface area contributed by atoms with E-state index in [1.807, 2.05) is 71.2 Å². The maximum Gasteiger partial charge on any atom is 0.254 e. The molecule has 0 fully saturated rings. The minimum absolute atomic E-state index is 0.00485. The van der Waals surface area contributed by atoms with Crippen molar-refractivity contribution in [2.75, 3.05) is 18.9 Å². The molecule has 0 bridgehead atoms. The molecule has 4 nitrogen and oxygen atoms in total. The first-order chi connectivity index (χ1) is 12.8. The molecule has 1 amide bonds. The number of amides is 1. The van der Waals surface area contributed by atoms with Crippen LogP contribution < -0.4 is 10.1 Å². The second kappa shape index (κ2) is 8.01. The average Bonchev–Trinajstić information content (AvgIpc) is 3.33. The van der Waals surface area contributed by atoms with E-state index in [1.165, 1.54) is 10.4 Å². The lowest BCUT2D eigenvalue weighted by Gasteiger charge is -2.13. The number of aromatic nitrogens is 1. The van der Waals surface area contributed by atoms with E-state index in [0.717, 1.165) is 34.2 Å². The van der Waals surface area contributed by atoms with Crippen LogP contribution in [0.2, 0.25) is 0 Å². The first kappa shape index (κ1) is 17.2. The number of nitrogens with one attached hydrogen (secondary N) is 1. The molecule has 3 heterocycles. The number of hydrogen-bond acceptors (Lipinski definition) is 4. The zero-order chi connectivity index (χ0) is 17.8. The van der Waals surface area contributed by atoms with E-state index in [9.17, 15) is 4.79 Å². The van der Waals surface area contributed by atoms with E-state index in [0.29, 0.717) is 13.2 Å². The quantitative estimate of drug-likeness (QED) is 0.650. The van der Waals surface area contributed by atoms with E-state index >= 15 is 0 Å². The van der Waals surface area contributed by atoms with Crippen molar-refractivity contribution >= 4 is 29.0 Å². The second-order valence-corrected chi connectivity index (χ2v) is 8.18. The molecule has 1 N–H and O–H groups in total. The molecular formula is C20H20N2O2S2. The Balaban J connectivity index is 1.47. The summed E-state index contributed by atoms with van der Waals surface area (Å²) in [6.07, 6.45) is 4.96. The smallest absolute Gasteiger partial charge is 0.254 e. The van der Waals surface area contributed by atoms with Crippen LogP contribution in [-0.2, 0) is 12.2 Å². The van der Waals surface area contributed by atoms with Crippen molar-refractivity contribution in [2.24, 2.45) is 0 Å². The van der Waals surface area contributed by atoms with Crippen LogP contribution in [0.5, 0.6) is 5.75 Å². The molecule has 2 aromatic heterocycles. The van der Waals surface area contributed by atoms with Gasteiger partial charge < -0.3 is 14.6 Å². The number of ether oxygens (including phenoxy) is 1. The highest BCUT2D eigenvalue weighted by atomic mass is 32.2. The Hall–Kier alpha value is -2.18. The number of carbonyl (C=O) groups is 1. The number of fused-ring (bicyclic) bond motifs is 1. The third-order valence-electron chi connectivity index (χ3n) is 4.27. The van der Waals surface area contributed by atoms with E-state index < -0.39 is 0 Å². The molecule has 0 saturated heterocycles. The maximum atomic E-state index is 12.9. The van der Waals surface area contributed by atoms with Crippen molar-refractivity contribution in [1.29, 1.82) is 0 Å². The van der Waals surface area contributed by atoms with Crippen LogP contribution in [0.15, 0.2) is 54.9 Å². The first-order valence-electron chi connectivity index (χ1n) is 8.64. The molecule has 0 radical (unpaired) electrons. The van der Waals surface area contributed by atoms with Crippen LogP contribution in [-0.4, -0.2) is 29.4 Å². The van der Waals surface area contributed by atoms with Gasteiger partial charge in [-0.25, -0.2) is 0 Å². The largest absolute Gasteiger partial charge is 0.492 e. The third kappa shape index (κ3) is 3.66. The Labute approximate surface area is 161 Å². The van der Waals surface area contributed by atoms with Gasteiger partial charge in [0, 0.05) is 23.0 Å². The first-order valence-corrected chi connectivity index (χ1v) is 10.6. The summed E-state index contributed by atoms with van der Waals surface area (Å²) < 4.78 is 7.71. The van der Waals surface area contributed by atoms with E-state index in [-0.39, 0.29) is 5.91 Å². The number of para-hydroxylation sites is 1. The second-order valence-electron chi connectivity index (χ2n) is 5.99. The van der Waals surface area contributed by atoms with Gasteiger partial charge in [-0.3, -0.25) is 4.79 Å². The zero-order valence-corrected chi connectivity index (χ0v) is 15.9. The minimum atomic E-state index is -0.00485. The molecule has 1 aliphatic heterocycles. The Morgan fingerprint density at radius 2 is 1.96 bits per heavy atom. The SMILES string of the molecule is O=C(NCCOc1ccccc1)c1c(-n2cccc2)sc2c1CCSC2. The van der Waals surface area contributed by atoms with Crippen LogP contribution in [0, 0.1) is 0 Å².